The average Bonchev–Trinajstić information content (AvgIpc) is 3.33. The van der Waals surface area contributed by atoms with Crippen LogP contribution in [0.25, 0.3) is 0 Å². The smallest absolute Gasteiger partial charge is 0.247 e. The van der Waals surface area contributed by atoms with Crippen molar-refractivity contribution in [2.75, 3.05) is 36.1 Å². The van der Waals surface area contributed by atoms with Gasteiger partial charge in [-0.15, -0.1) is 0 Å². The summed E-state index contributed by atoms with van der Waals surface area (Å²) in [5, 5.41) is 19.9. The zero-order valence-corrected chi connectivity index (χ0v) is 19.0. The van der Waals surface area contributed by atoms with Crippen molar-refractivity contribution in [2.45, 2.75) is 12.5 Å². The van der Waals surface area contributed by atoms with Crippen LogP contribution < -0.4 is 26.0 Å². The number of hydrogen-bond acceptors (Lipinski definition) is 8. The lowest BCUT2D eigenvalue weighted by molar-refractivity contribution is -0.111. The van der Waals surface area contributed by atoms with Crippen LogP contribution in [0.5, 0.6) is 5.75 Å². The van der Waals surface area contributed by atoms with Crippen molar-refractivity contribution < 1.29 is 23.4 Å². The number of ether oxygens (including phenoxy) is 1. The minimum atomic E-state index is -0.683. The van der Waals surface area contributed by atoms with Gasteiger partial charge in [-0.05, 0) is 49.4 Å². The number of amides is 1. The summed E-state index contributed by atoms with van der Waals surface area (Å²) in [6.07, 6.45) is 3.00. The summed E-state index contributed by atoms with van der Waals surface area (Å²) < 4.78 is 32.8. The Bertz CT molecular complexity index is 1170. The van der Waals surface area contributed by atoms with E-state index in [-0.39, 0.29) is 29.5 Å². The Balaban J connectivity index is 0.000000497. The quantitative estimate of drug-likeness (QED) is 0.322. The first kappa shape index (κ1) is 25.5. The van der Waals surface area contributed by atoms with Gasteiger partial charge in [0, 0.05) is 29.7 Å². The number of methoxy groups -OCH3 is 1. The van der Waals surface area contributed by atoms with Gasteiger partial charge in [-0.3, -0.25) is 4.79 Å². The number of aromatic nitrogens is 2. The van der Waals surface area contributed by atoms with E-state index in [9.17, 15) is 13.6 Å². The topological polar surface area (TPSA) is 120 Å². The number of rotatable bonds is 7. The molecule has 2 aromatic carbocycles. The number of halogens is 2. The molecule has 0 bridgehead atoms. The number of benzene rings is 2. The van der Waals surface area contributed by atoms with E-state index in [1.807, 2.05) is 0 Å². The van der Waals surface area contributed by atoms with E-state index in [2.05, 4.69) is 37.8 Å². The van der Waals surface area contributed by atoms with Crippen molar-refractivity contribution in [2.24, 2.45) is 0 Å². The predicted molar refractivity (Wildman–Crippen MR) is 130 cm³/mol. The summed E-state index contributed by atoms with van der Waals surface area (Å²) in [5.74, 6) is -1.54. The Hall–Kier alpha value is -4.09. The minimum Gasteiger partial charge on any atom is -0.494 e. The van der Waals surface area contributed by atoms with Crippen molar-refractivity contribution in [1.82, 2.24) is 15.3 Å². The molecule has 1 saturated heterocycles. The number of carbonyl (C=O) groups excluding carboxylic acids is 1. The maximum absolute atomic E-state index is 14.1. The summed E-state index contributed by atoms with van der Waals surface area (Å²) in [6, 6.07) is 10.9. The maximum Gasteiger partial charge on any atom is 0.247 e. The van der Waals surface area contributed by atoms with E-state index in [1.54, 1.807) is 30.3 Å². The Morgan fingerprint density at radius 2 is 1.94 bits per heavy atom. The first-order valence-corrected chi connectivity index (χ1v) is 10.7. The summed E-state index contributed by atoms with van der Waals surface area (Å²) >= 11 is 0. The van der Waals surface area contributed by atoms with Crippen LogP contribution in [0.3, 0.4) is 0 Å². The Morgan fingerprint density at radius 1 is 1.17 bits per heavy atom. The van der Waals surface area contributed by atoms with Crippen LogP contribution in [0.15, 0.2) is 61.3 Å². The third-order valence-corrected chi connectivity index (χ3v) is 4.76. The number of aliphatic hydroxyl groups is 1. The molecule has 0 saturated carbocycles. The Kier molecular flexibility index (Phi) is 9.04. The summed E-state index contributed by atoms with van der Waals surface area (Å²) in [4.78, 5) is 19.3. The van der Waals surface area contributed by atoms with E-state index < -0.39 is 11.6 Å². The highest BCUT2D eigenvalue weighted by atomic mass is 19.1. The molecule has 0 aliphatic carbocycles. The number of hydrogen-bond donors (Lipinski definition) is 5. The minimum absolute atomic E-state index is 0.0644. The van der Waals surface area contributed by atoms with Gasteiger partial charge in [-0.25, -0.2) is 13.8 Å². The van der Waals surface area contributed by atoms with E-state index in [4.69, 9.17) is 9.84 Å². The Labute approximate surface area is 201 Å². The SMILES string of the molecule is C=CC(=O)Nc1cccc(Nc2nc(Nc3ccc(OC)c(F)c3)ncc2F)c1.OC1CCNC1. The standard InChI is InChI=1S/C20H17F2N5O2.C4H9NO/c1-3-18(28)24-12-5-4-6-13(9-12)25-19-16(22)11-23-20(27-19)26-14-7-8-17(29-2)15(21)10-14;6-4-1-2-5-3-4/h3-11H,1H2,2H3,(H,24,28)(H2,23,25,26,27);4-6H,1-3H2. The highest BCUT2D eigenvalue weighted by Crippen LogP contribution is 2.25. The van der Waals surface area contributed by atoms with Crippen molar-refractivity contribution in [3.05, 3.63) is 73.0 Å². The molecule has 4 rings (SSSR count). The first-order chi connectivity index (χ1) is 16.9. The van der Waals surface area contributed by atoms with E-state index in [1.165, 1.54) is 19.2 Å². The molecule has 5 N–H and O–H groups in total. The summed E-state index contributed by atoms with van der Waals surface area (Å²) in [6.45, 7) is 5.17. The van der Waals surface area contributed by atoms with Crippen LogP contribution in [-0.2, 0) is 4.79 Å². The second-order valence-electron chi connectivity index (χ2n) is 7.41. The average molecular weight is 485 g/mol. The molecule has 3 aromatic rings. The lowest BCUT2D eigenvalue weighted by Crippen LogP contribution is -2.11. The van der Waals surface area contributed by atoms with Gasteiger partial charge < -0.3 is 31.1 Å². The van der Waals surface area contributed by atoms with E-state index in [0.717, 1.165) is 31.8 Å². The molecule has 0 radical (unpaired) electrons. The fourth-order valence-corrected chi connectivity index (χ4v) is 3.03. The molecule has 35 heavy (non-hydrogen) atoms. The maximum atomic E-state index is 14.1. The van der Waals surface area contributed by atoms with Crippen LogP contribution >= 0.6 is 0 Å². The molecule has 1 aliphatic heterocycles. The first-order valence-electron chi connectivity index (χ1n) is 10.7. The van der Waals surface area contributed by atoms with Gasteiger partial charge in [0.15, 0.2) is 23.2 Å². The van der Waals surface area contributed by atoms with Gasteiger partial charge in [0.2, 0.25) is 11.9 Å². The molecule has 1 amide bonds. The van der Waals surface area contributed by atoms with Gasteiger partial charge in [-0.2, -0.15) is 4.98 Å². The van der Waals surface area contributed by atoms with Gasteiger partial charge in [0.1, 0.15) is 0 Å². The van der Waals surface area contributed by atoms with Gasteiger partial charge in [0.05, 0.1) is 19.4 Å². The largest absolute Gasteiger partial charge is 0.494 e. The number of aliphatic hydroxyl groups excluding tert-OH is 1. The monoisotopic (exact) mass is 484 g/mol. The molecule has 1 atom stereocenters. The molecule has 1 fully saturated rings. The van der Waals surface area contributed by atoms with Gasteiger partial charge in [0.25, 0.3) is 0 Å². The molecule has 1 aromatic heterocycles. The molecular formula is C24H26F2N6O3. The number of anilines is 5. The number of carbonyl (C=O) groups is 1. The van der Waals surface area contributed by atoms with Crippen LogP contribution in [0.4, 0.5) is 37.6 Å². The zero-order chi connectivity index (χ0) is 25.2. The van der Waals surface area contributed by atoms with Crippen LogP contribution in [0, 0.1) is 11.6 Å². The van der Waals surface area contributed by atoms with Gasteiger partial charge >= 0.3 is 0 Å². The highest BCUT2D eigenvalue weighted by Gasteiger charge is 2.10. The highest BCUT2D eigenvalue weighted by molar-refractivity contribution is 5.99. The third kappa shape index (κ3) is 7.73. The Morgan fingerprint density at radius 3 is 2.57 bits per heavy atom. The van der Waals surface area contributed by atoms with Crippen LogP contribution in [-0.4, -0.2) is 47.3 Å². The molecule has 184 valence electrons. The zero-order valence-electron chi connectivity index (χ0n) is 19.0. The summed E-state index contributed by atoms with van der Waals surface area (Å²) in [5.41, 5.74) is 1.36. The number of β-amino-alcohol motifs (C(OH)–C–C–N with tert-alkyl or cyclic N) is 1. The van der Waals surface area contributed by atoms with Crippen LogP contribution in [0.1, 0.15) is 6.42 Å². The van der Waals surface area contributed by atoms with Crippen molar-refractivity contribution >= 4 is 34.7 Å². The fourth-order valence-electron chi connectivity index (χ4n) is 3.03. The molecule has 2 heterocycles. The van der Waals surface area contributed by atoms with Crippen LogP contribution in [0.2, 0.25) is 0 Å². The normalized spacial score (nSPS) is 14.3. The van der Waals surface area contributed by atoms with Crippen molar-refractivity contribution in [1.29, 1.82) is 0 Å². The third-order valence-electron chi connectivity index (χ3n) is 4.76. The van der Waals surface area contributed by atoms with Gasteiger partial charge in [-0.1, -0.05) is 12.6 Å². The fraction of sp³-hybridized carbons (Fsp3) is 0.208. The van der Waals surface area contributed by atoms with Crippen molar-refractivity contribution in [3.8, 4) is 5.75 Å². The molecule has 1 aliphatic rings. The van der Waals surface area contributed by atoms with E-state index in [0.29, 0.717) is 17.1 Å². The van der Waals surface area contributed by atoms with Crippen molar-refractivity contribution in [3.63, 3.8) is 0 Å². The number of nitrogens with one attached hydrogen (secondary N) is 4. The lowest BCUT2D eigenvalue weighted by atomic mass is 10.2. The summed E-state index contributed by atoms with van der Waals surface area (Å²) in [7, 11) is 1.37. The van der Waals surface area contributed by atoms with E-state index >= 15 is 0 Å². The molecule has 9 nitrogen and oxygen atoms in total. The molecule has 1 unspecified atom stereocenters. The second kappa shape index (κ2) is 12.4. The number of nitrogens with zero attached hydrogens (tertiary/aromatic N) is 2. The second-order valence-corrected chi connectivity index (χ2v) is 7.41. The lowest BCUT2D eigenvalue weighted by Gasteiger charge is -2.11. The molecule has 0 spiro atoms. The molecule has 11 heteroatoms. The predicted octanol–water partition coefficient (Wildman–Crippen LogP) is 3.72. The molecular weight excluding hydrogens is 458 g/mol.